The number of benzene rings is 1. The highest BCUT2D eigenvalue weighted by Crippen LogP contribution is 2.28. The van der Waals surface area contributed by atoms with Crippen LogP contribution in [0.1, 0.15) is 29.0 Å². The van der Waals surface area contributed by atoms with Crippen LogP contribution in [0.25, 0.3) is 10.9 Å². The van der Waals surface area contributed by atoms with E-state index in [0.717, 1.165) is 11.3 Å². The van der Waals surface area contributed by atoms with Crippen molar-refractivity contribution in [2.24, 2.45) is 0 Å². The summed E-state index contributed by atoms with van der Waals surface area (Å²) in [5.41, 5.74) is 2.03. The van der Waals surface area contributed by atoms with Gasteiger partial charge in [-0.15, -0.1) is 0 Å². The number of aromatic nitrogens is 3. The van der Waals surface area contributed by atoms with Crippen molar-refractivity contribution in [2.75, 3.05) is 5.32 Å². The van der Waals surface area contributed by atoms with Gasteiger partial charge in [-0.3, -0.25) is 14.2 Å². The lowest BCUT2D eigenvalue weighted by molar-refractivity contribution is -0.116. The van der Waals surface area contributed by atoms with Crippen molar-refractivity contribution in [3.05, 3.63) is 79.8 Å². The summed E-state index contributed by atoms with van der Waals surface area (Å²) in [6.07, 6.45) is 2.92. The Kier molecular flexibility index (Phi) is 6.27. The Bertz CT molecular complexity index is 1460. The smallest absolute Gasteiger partial charge is 0.261 e. The molecule has 0 saturated carbocycles. The fourth-order valence-electron chi connectivity index (χ4n) is 3.66. The SMILES string of the molecule is Cc1c(C#N)c(NC(=O)CCn2cnc3c(Cl)cc(Cl)cc3c2=O)n(Cc2ccco2)c1C. The van der Waals surface area contributed by atoms with Crippen LogP contribution in [0.5, 0.6) is 0 Å². The Morgan fingerprint density at radius 3 is 2.79 bits per heavy atom. The Morgan fingerprint density at radius 2 is 2.09 bits per heavy atom. The number of nitrogens with zero attached hydrogens (tertiary/aromatic N) is 4. The van der Waals surface area contributed by atoms with Crippen LogP contribution in [-0.2, 0) is 17.9 Å². The van der Waals surface area contributed by atoms with E-state index in [1.807, 2.05) is 24.5 Å². The minimum Gasteiger partial charge on any atom is -0.467 e. The summed E-state index contributed by atoms with van der Waals surface area (Å²) in [6.45, 7) is 4.17. The molecule has 0 spiro atoms. The van der Waals surface area contributed by atoms with Gasteiger partial charge in [0.15, 0.2) is 0 Å². The molecule has 1 aromatic carbocycles. The van der Waals surface area contributed by atoms with Gasteiger partial charge in [0.1, 0.15) is 17.6 Å². The van der Waals surface area contributed by atoms with E-state index in [4.69, 9.17) is 27.6 Å². The highest BCUT2D eigenvalue weighted by Gasteiger charge is 2.20. The van der Waals surface area contributed by atoms with Gasteiger partial charge in [-0.2, -0.15) is 5.26 Å². The van der Waals surface area contributed by atoms with Crippen LogP contribution in [0, 0.1) is 25.2 Å². The van der Waals surface area contributed by atoms with Crippen molar-refractivity contribution < 1.29 is 9.21 Å². The quantitative estimate of drug-likeness (QED) is 0.429. The first kappa shape index (κ1) is 22.6. The molecule has 8 nitrogen and oxygen atoms in total. The van der Waals surface area contributed by atoms with E-state index in [0.29, 0.717) is 34.2 Å². The van der Waals surface area contributed by atoms with Crippen molar-refractivity contribution in [3.63, 3.8) is 0 Å². The van der Waals surface area contributed by atoms with E-state index in [9.17, 15) is 14.9 Å². The maximum atomic E-state index is 12.8. The van der Waals surface area contributed by atoms with Gasteiger partial charge < -0.3 is 14.3 Å². The summed E-state index contributed by atoms with van der Waals surface area (Å²) >= 11 is 12.1. The van der Waals surface area contributed by atoms with Crippen LogP contribution in [0.4, 0.5) is 5.82 Å². The van der Waals surface area contributed by atoms with Crippen molar-refractivity contribution in [2.45, 2.75) is 33.4 Å². The molecule has 0 aliphatic heterocycles. The summed E-state index contributed by atoms with van der Waals surface area (Å²) < 4.78 is 8.59. The van der Waals surface area contributed by atoms with Crippen LogP contribution in [0.15, 0.2) is 46.1 Å². The minimum absolute atomic E-state index is 0.00368. The van der Waals surface area contributed by atoms with Gasteiger partial charge in [-0.25, -0.2) is 4.98 Å². The Labute approximate surface area is 199 Å². The first-order valence-corrected chi connectivity index (χ1v) is 10.8. The molecule has 33 heavy (non-hydrogen) atoms. The molecule has 10 heteroatoms. The number of carbonyl (C=O) groups excluding carboxylic acids is 1. The molecule has 0 saturated heterocycles. The van der Waals surface area contributed by atoms with E-state index in [-0.39, 0.29) is 34.8 Å². The second-order valence-electron chi connectivity index (χ2n) is 7.54. The highest BCUT2D eigenvalue weighted by atomic mass is 35.5. The predicted molar refractivity (Wildman–Crippen MR) is 126 cm³/mol. The summed E-state index contributed by atoms with van der Waals surface area (Å²) in [5, 5.41) is 13.4. The van der Waals surface area contributed by atoms with E-state index in [2.05, 4.69) is 16.4 Å². The van der Waals surface area contributed by atoms with Crippen molar-refractivity contribution in [3.8, 4) is 6.07 Å². The van der Waals surface area contributed by atoms with Gasteiger partial charge in [-0.1, -0.05) is 23.2 Å². The van der Waals surface area contributed by atoms with E-state index in [1.54, 1.807) is 12.3 Å². The molecule has 0 radical (unpaired) electrons. The molecule has 0 bridgehead atoms. The Morgan fingerprint density at radius 1 is 1.30 bits per heavy atom. The lowest BCUT2D eigenvalue weighted by Crippen LogP contribution is -2.24. The maximum Gasteiger partial charge on any atom is 0.261 e. The number of anilines is 1. The zero-order valence-corrected chi connectivity index (χ0v) is 19.4. The highest BCUT2D eigenvalue weighted by molar-refractivity contribution is 6.38. The predicted octanol–water partition coefficient (Wildman–Crippen LogP) is 4.66. The van der Waals surface area contributed by atoms with Crippen molar-refractivity contribution in [1.29, 1.82) is 5.26 Å². The molecular formula is C23H19Cl2N5O3. The molecule has 0 aliphatic carbocycles. The number of aryl methyl sites for hydroxylation is 1. The summed E-state index contributed by atoms with van der Waals surface area (Å²) in [4.78, 5) is 29.8. The number of halogens is 2. The van der Waals surface area contributed by atoms with Crippen LogP contribution in [0.2, 0.25) is 10.0 Å². The number of nitriles is 1. The summed E-state index contributed by atoms with van der Waals surface area (Å²) in [5.74, 6) is 0.747. The first-order chi connectivity index (χ1) is 15.8. The van der Waals surface area contributed by atoms with Crippen LogP contribution < -0.4 is 10.9 Å². The summed E-state index contributed by atoms with van der Waals surface area (Å²) in [6, 6.07) is 8.79. The second-order valence-corrected chi connectivity index (χ2v) is 8.38. The molecule has 3 aromatic heterocycles. The largest absolute Gasteiger partial charge is 0.467 e. The standard InChI is InChI=1S/C23H19Cl2N5O3/c1-13-14(2)30(11-16-4-3-7-33-16)22(18(13)10-26)28-20(31)5-6-29-12-27-21-17(23(29)32)8-15(24)9-19(21)25/h3-4,7-9,12H,5-6,11H2,1-2H3,(H,28,31). The van der Waals surface area contributed by atoms with Crippen LogP contribution in [0.3, 0.4) is 0 Å². The fraction of sp³-hybridized carbons (Fsp3) is 0.217. The monoisotopic (exact) mass is 483 g/mol. The van der Waals surface area contributed by atoms with E-state index >= 15 is 0 Å². The third-order valence-electron chi connectivity index (χ3n) is 5.52. The Hall–Kier alpha value is -3.54. The fourth-order valence-corrected chi connectivity index (χ4v) is 4.20. The van der Waals surface area contributed by atoms with Gasteiger partial charge in [0.05, 0.1) is 40.6 Å². The van der Waals surface area contributed by atoms with Crippen molar-refractivity contribution >= 4 is 45.8 Å². The van der Waals surface area contributed by atoms with Gasteiger partial charge in [-0.05, 0) is 43.7 Å². The third-order valence-corrected chi connectivity index (χ3v) is 6.02. The first-order valence-electron chi connectivity index (χ1n) is 10.1. The lowest BCUT2D eigenvalue weighted by atomic mass is 10.2. The third kappa shape index (κ3) is 4.38. The van der Waals surface area contributed by atoms with Crippen LogP contribution >= 0.6 is 23.2 Å². The van der Waals surface area contributed by atoms with Crippen molar-refractivity contribution in [1.82, 2.24) is 14.1 Å². The molecule has 1 amide bonds. The van der Waals surface area contributed by atoms with Gasteiger partial charge in [0.2, 0.25) is 5.91 Å². The normalized spacial score (nSPS) is 11.0. The molecule has 168 valence electrons. The average molecular weight is 484 g/mol. The van der Waals surface area contributed by atoms with E-state index < -0.39 is 0 Å². The van der Waals surface area contributed by atoms with Crippen LogP contribution in [-0.4, -0.2) is 20.0 Å². The molecule has 0 aliphatic rings. The van der Waals surface area contributed by atoms with Gasteiger partial charge in [0, 0.05) is 23.7 Å². The molecule has 4 aromatic rings. The molecular weight excluding hydrogens is 465 g/mol. The number of hydrogen-bond acceptors (Lipinski definition) is 5. The summed E-state index contributed by atoms with van der Waals surface area (Å²) in [7, 11) is 0. The number of furan rings is 1. The zero-order valence-electron chi connectivity index (χ0n) is 17.9. The second kappa shape index (κ2) is 9.14. The topological polar surface area (TPSA) is 106 Å². The number of fused-ring (bicyclic) bond motifs is 1. The number of amides is 1. The number of rotatable bonds is 6. The van der Waals surface area contributed by atoms with E-state index in [1.165, 1.54) is 23.0 Å². The lowest BCUT2D eigenvalue weighted by Gasteiger charge is -2.12. The molecule has 0 unspecified atom stereocenters. The number of nitrogens with one attached hydrogen (secondary N) is 1. The maximum absolute atomic E-state index is 12.8. The molecule has 0 atom stereocenters. The molecule has 1 N–H and O–H groups in total. The van der Waals surface area contributed by atoms with Gasteiger partial charge in [0.25, 0.3) is 5.56 Å². The number of carbonyl (C=O) groups is 1. The zero-order chi connectivity index (χ0) is 23.7. The molecule has 3 heterocycles. The Balaban J connectivity index is 1.56. The molecule has 0 fully saturated rings. The van der Waals surface area contributed by atoms with Gasteiger partial charge >= 0.3 is 0 Å². The number of hydrogen-bond donors (Lipinski definition) is 1. The average Bonchev–Trinajstić information content (AvgIpc) is 3.36. The molecule has 4 rings (SSSR count). The minimum atomic E-state index is -0.346.